The first-order valence-electron chi connectivity index (χ1n) is 9.79. The SMILES string of the molecule is Cc1ccc(-n2nc(C(=O)NCc3ccco3)c(=O)n(Cc3ccccc3)c2=O)cc1F. The van der Waals surface area contributed by atoms with Crippen LogP contribution in [-0.4, -0.2) is 20.3 Å². The summed E-state index contributed by atoms with van der Waals surface area (Å²) in [6.45, 7) is 1.54. The van der Waals surface area contributed by atoms with Crippen LogP contribution in [0.5, 0.6) is 0 Å². The van der Waals surface area contributed by atoms with Crippen LogP contribution in [0.25, 0.3) is 5.69 Å². The third-order valence-corrected chi connectivity index (χ3v) is 4.86. The van der Waals surface area contributed by atoms with Crippen LogP contribution >= 0.6 is 0 Å². The van der Waals surface area contributed by atoms with Gasteiger partial charge in [0.05, 0.1) is 25.0 Å². The molecule has 2 aromatic heterocycles. The lowest BCUT2D eigenvalue weighted by molar-refractivity contribution is 0.0938. The van der Waals surface area contributed by atoms with Gasteiger partial charge in [0.25, 0.3) is 11.5 Å². The fourth-order valence-corrected chi connectivity index (χ4v) is 3.11. The second-order valence-corrected chi connectivity index (χ2v) is 7.12. The standard InChI is InChI=1S/C23H19FN4O4/c1-15-9-10-17(12-19(15)24)28-23(31)27(14-16-6-3-2-4-7-16)22(30)20(26-28)21(29)25-13-18-8-5-11-32-18/h2-12H,13-14H2,1H3,(H,25,29). The third-order valence-electron chi connectivity index (χ3n) is 4.86. The minimum atomic E-state index is -0.848. The average Bonchev–Trinajstić information content (AvgIpc) is 3.32. The van der Waals surface area contributed by atoms with E-state index in [9.17, 15) is 18.8 Å². The van der Waals surface area contributed by atoms with Crippen molar-refractivity contribution in [2.75, 3.05) is 0 Å². The largest absolute Gasteiger partial charge is 0.467 e. The van der Waals surface area contributed by atoms with Crippen LogP contribution < -0.4 is 16.6 Å². The Kier molecular flexibility index (Phi) is 5.80. The highest BCUT2D eigenvalue weighted by molar-refractivity contribution is 5.91. The van der Waals surface area contributed by atoms with Gasteiger partial charge in [-0.3, -0.25) is 14.2 Å². The summed E-state index contributed by atoms with van der Waals surface area (Å²) >= 11 is 0. The summed E-state index contributed by atoms with van der Waals surface area (Å²) in [6.07, 6.45) is 1.46. The molecule has 0 aliphatic rings. The summed E-state index contributed by atoms with van der Waals surface area (Å²) < 4.78 is 21.1. The number of carbonyl (C=O) groups is 1. The Hall–Kier alpha value is -4.27. The molecular weight excluding hydrogens is 415 g/mol. The number of amides is 1. The highest BCUT2D eigenvalue weighted by Crippen LogP contribution is 2.11. The molecule has 0 aliphatic carbocycles. The molecule has 0 spiro atoms. The second kappa shape index (κ2) is 8.84. The Morgan fingerprint density at radius 3 is 2.56 bits per heavy atom. The van der Waals surface area contributed by atoms with Gasteiger partial charge in [0.15, 0.2) is 0 Å². The molecule has 0 atom stereocenters. The monoisotopic (exact) mass is 434 g/mol. The fourth-order valence-electron chi connectivity index (χ4n) is 3.11. The highest BCUT2D eigenvalue weighted by atomic mass is 19.1. The number of carbonyl (C=O) groups excluding carboxylic acids is 1. The number of benzene rings is 2. The van der Waals surface area contributed by atoms with E-state index < -0.39 is 28.7 Å². The zero-order chi connectivity index (χ0) is 22.7. The molecule has 0 saturated carbocycles. The van der Waals surface area contributed by atoms with E-state index in [1.165, 1.54) is 18.4 Å². The quantitative estimate of drug-likeness (QED) is 0.503. The number of nitrogens with zero attached hydrogens (tertiary/aromatic N) is 3. The molecule has 0 aliphatic heterocycles. The van der Waals surface area contributed by atoms with E-state index in [1.54, 1.807) is 49.4 Å². The van der Waals surface area contributed by atoms with Crippen LogP contribution in [0.15, 0.2) is 80.9 Å². The van der Waals surface area contributed by atoms with Gasteiger partial charge in [-0.2, -0.15) is 9.78 Å². The van der Waals surface area contributed by atoms with Crippen molar-refractivity contribution >= 4 is 5.91 Å². The molecule has 162 valence electrons. The smallest absolute Gasteiger partial charge is 0.352 e. The molecule has 4 aromatic rings. The summed E-state index contributed by atoms with van der Waals surface area (Å²) in [4.78, 5) is 38.9. The lowest BCUT2D eigenvalue weighted by Gasteiger charge is -2.12. The molecule has 2 heterocycles. The number of aromatic nitrogens is 3. The van der Waals surface area contributed by atoms with Crippen LogP contribution in [0.4, 0.5) is 4.39 Å². The molecule has 32 heavy (non-hydrogen) atoms. The lowest BCUT2D eigenvalue weighted by Crippen LogP contribution is -2.46. The second-order valence-electron chi connectivity index (χ2n) is 7.12. The molecule has 9 heteroatoms. The molecule has 0 bridgehead atoms. The normalized spacial score (nSPS) is 10.8. The van der Waals surface area contributed by atoms with E-state index in [0.717, 1.165) is 15.3 Å². The van der Waals surface area contributed by atoms with Gasteiger partial charge in [-0.15, -0.1) is 0 Å². The van der Waals surface area contributed by atoms with Crippen molar-refractivity contribution in [3.63, 3.8) is 0 Å². The maximum absolute atomic E-state index is 14.2. The van der Waals surface area contributed by atoms with E-state index in [4.69, 9.17) is 4.42 Å². The topological polar surface area (TPSA) is 99.1 Å². The minimum Gasteiger partial charge on any atom is -0.467 e. The predicted molar refractivity (Wildman–Crippen MR) is 114 cm³/mol. The lowest BCUT2D eigenvalue weighted by atomic mass is 10.2. The van der Waals surface area contributed by atoms with E-state index in [0.29, 0.717) is 16.9 Å². The molecular formula is C23H19FN4O4. The van der Waals surface area contributed by atoms with Crippen LogP contribution in [-0.2, 0) is 13.1 Å². The summed E-state index contributed by atoms with van der Waals surface area (Å²) in [5.41, 5.74) is -0.963. The molecule has 2 aromatic carbocycles. The van der Waals surface area contributed by atoms with Crippen molar-refractivity contribution in [3.8, 4) is 5.69 Å². The Morgan fingerprint density at radius 2 is 1.88 bits per heavy atom. The van der Waals surface area contributed by atoms with Crippen LogP contribution in [0.2, 0.25) is 0 Å². The first kappa shape index (κ1) is 21.0. The van der Waals surface area contributed by atoms with Crippen LogP contribution in [0, 0.1) is 12.7 Å². The number of furan rings is 1. The van der Waals surface area contributed by atoms with Gasteiger partial charge in [-0.05, 0) is 36.2 Å². The maximum atomic E-state index is 14.2. The van der Waals surface area contributed by atoms with Crippen molar-refractivity contribution in [3.05, 3.63) is 116 Å². The molecule has 0 saturated heterocycles. The van der Waals surface area contributed by atoms with Gasteiger partial charge >= 0.3 is 5.69 Å². The minimum absolute atomic E-state index is 0.0317. The third kappa shape index (κ3) is 4.27. The van der Waals surface area contributed by atoms with E-state index >= 15 is 0 Å². The fraction of sp³-hybridized carbons (Fsp3) is 0.130. The predicted octanol–water partition coefficient (Wildman–Crippen LogP) is 2.41. The molecule has 0 fully saturated rings. The Morgan fingerprint density at radius 1 is 1.09 bits per heavy atom. The maximum Gasteiger partial charge on any atom is 0.352 e. The van der Waals surface area contributed by atoms with Gasteiger partial charge in [0.2, 0.25) is 5.69 Å². The molecule has 1 N–H and O–H groups in total. The number of hydrogen-bond acceptors (Lipinski definition) is 5. The first-order chi connectivity index (χ1) is 15.4. The molecule has 0 unspecified atom stereocenters. The summed E-state index contributed by atoms with van der Waals surface area (Å²) in [6, 6.07) is 16.3. The van der Waals surface area contributed by atoms with Gasteiger partial charge in [-0.1, -0.05) is 36.4 Å². The van der Waals surface area contributed by atoms with E-state index in [1.807, 2.05) is 0 Å². The molecule has 1 amide bonds. The highest BCUT2D eigenvalue weighted by Gasteiger charge is 2.21. The van der Waals surface area contributed by atoms with E-state index in [-0.39, 0.29) is 18.8 Å². The van der Waals surface area contributed by atoms with Gasteiger partial charge in [0, 0.05) is 6.07 Å². The number of nitrogens with one attached hydrogen (secondary N) is 1. The van der Waals surface area contributed by atoms with Crippen LogP contribution in [0.3, 0.4) is 0 Å². The Balaban J connectivity index is 1.81. The van der Waals surface area contributed by atoms with Crippen molar-refractivity contribution in [1.82, 2.24) is 19.7 Å². The van der Waals surface area contributed by atoms with Crippen molar-refractivity contribution in [2.24, 2.45) is 0 Å². The first-order valence-corrected chi connectivity index (χ1v) is 9.79. The number of rotatable bonds is 6. The van der Waals surface area contributed by atoms with Gasteiger partial charge in [-0.25, -0.2) is 9.18 Å². The number of halogens is 1. The molecule has 4 rings (SSSR count). The van der Waals surface area contributed by atoms with Crippen molar-refractivity contribution in [1.29, 1.82) is 0 Å². The van der Waals surface area contributed by atoms with Gasteiger partial charge < -0.3 is 9.73 Å². The zero-order valence-corrected chi connectivity index (χ0v) is 17.1. The summed E-state index contributed by atoms with van der Waals surface area (Å²) in [5.74, 6) is -0.840. The van der Waals surface area contributed by atoms with E-state index in [2.05, 4.69) is 10.4 Å². The Labute approximate surface area is 181 Å². The van der Waals surface area contributed by atoms with Crippen molar-refractivity contribution < 1.29 is 13.6 Å². The summed E-state index contributed by atoms with van der Waals surface area (Å²) in [7, 11) is 0. The van der Waals surface area contributed by atoms with Crippen molar-refractivity contribution in [2.45, 2.75) is 20.0 Å². The number of aryl methyl sites for hydroxylation is 1. The van der Waals surface area contributed by atoms with Crippen LogP contribution in [0.1, 0.15) is 27.4 Å². The Bertz CT molecular complexity index is 1380. The van der Waals surface area contributed by atoms with Gasteiger partial charge in [0.1, 0.15) is 11.6 Å². The summed E-state index contributed by atoms with van der Waals surface area (Å²) in [5, 5.41) is 6.53. The molecule has 8 nitrogen and oxygen atoms in total. The number of hydrogen-bond donors (Lipinski definition) is 1. The average molecular weight is 434 g/mol. The molecule has 0 radical (unpaired) electrons. The zero-order valence-electron chi connectivity index (χ0n) is 17.1.